The fourth-order valence-electron chi connectivity index (χ4n) is 1.60. The van der Waals surface area contributed by atoms with E-state index < -0.39 is 0 Å². The molecule has 0 amide bonds. The van der Waals surface area contributed by atoms with E-state index in [2.05, 4.69) is 16.9 Å². The second-order valence-electron chi connectivity index (χ2n) is 4.15. The first kappa shape index (κ1) is 15.1. The summed E-state index contributed by atoms with van der Waals surface area (Å²) in [6.07, 6.45) is 6.34. The first-order chi connectivity index (χ1) is 9.70. The molecule has 0 fully saturated rings. The van der Waals surface area contributed by atoms with Crippen LogP contribution in [0.25, 0.3) is 0 Å². The number of thioether (sulfide) groups is 1. The Morgan fingerprint density at radius 1 is 1.50 bits per heavy atom. The van der Waals surface area contributed by atoms with Crippen molar-refractivity contribution < 1.29 is 4.39 Å². The van der Waals surface area contributed by atoms with Crippen molar-refractivity contribution in [3.8, 4) is 0 Å². The Morgan fingerprint density at radius 3 is 3.00 bits per heavy atom. The van der Waals surface area contributed by atoms with E-state index in [-0.39, 0.29) is 5.82 Å². The summed E-state index contributed by atoms with van der Waals surface area (Å²) in [6.45, 7) is 2.14. The Balaban J connectivity index is 2.27. The van der Waals surface area contributed by atoms with Gasteiger partial charge in [0.1, 0.15) is 18.0 Å². The van der Waals surface area contributed by atoms with E-state index in [1.54, 1.807) is 30.4 Å². The molecule has 0 radical (unpaired) electrons. The molecule has 1 aromatic carbocycles. The third kappa shape index (κ3) is 4.08. The summed E-state index contributed by atoms with van der Waals surface area (Å²) in [7, 11) is 0. The van der Waals surface area contributed by atoms with Gasteiger partial charge in [0.05, 0.1) is 16.5 Å². The van der Waals surface area contributed by atoms with Gasteiger partial charge >= 0.3 is 0 Å². The van der Waals surface area contributed by atoms with Crippen molar-refractivity contribution in [1.82, 2.24) is 9.55 Å². The zero-order valence-electron chi connectivity index (χ0n) is 11.1. The maximum absolute atomic E-state index is 13.1. The summed E-state index contributed by atoms with van der Waals surface area (Å²) in [4.78, 5) is 8.56. The highest BCUT2D eigenvalue weighted by atomic mass is 35.5. The third-order valence-corrected chi connectivity index (χ3v) is 4.00. The zero-order valence-corrected chi connectivity index (χ0v) is 12.7. The number of imidazole rings is 1. The van der Waals surface area contributed by atoms with Gasteiger partial charge < -0.3 is 0 Å². The Labute approximate surface area is 126 Å². The molecule has 1 heterocycles. The first-order valence-electron chi connectivity index (χ1n) is 6.29. The predicted molar refractivity (Wildman–Crippen MR) is 83.7 cm³/mol. The lowest BCUT2D eigenvalue weighted by Crippen LogP contribution is -2.13. The van der Waals surface area contributed by atoms with Crippen LogP contribution in [0.3, 0.4) is 0 Å². The lowest BCUT2D eigenvalue weighted by atomic mass is 10.3. The number of hydrogen-bond donors (Lipinski definition) is 0. The van der Waals surface area contributed by atoms with Crippen molar-refractivity contribution in [3.05, 3.63) is 47.8 Å². The van der Waals surface area contributed by atoms with Gasteiger partial charge in [-0.15, -0.1) is 0 Å². The molecule has 2 rings (SSSR count). The molecule has 20 heavy (non-hydrogen) atoms. The quantitative estimate of drug-likeness (QED) is 0.465. The van der Waals surface area contributed by atoms with Gasteiger partial charge in [-0.2, -0.15) is 11.8 Å². The summed E-state index contributed by atoms with van der Waals surface area (Å²) < 4.78 is 14.9. The first-order valence-corrected chi connectivity index (χ1v) is 7.82. The van der Waals surface area contributed by atoms with E-state index in [0.29, 0.717) is 10.7 Å². The summed E-state index contributed by atoms with van der Waals surface area (Å²) in [5.41, 5.74) is 0.564. The van der Waals surface area contributed by atoms with Crippen molar-refractivity contribution in [2.24, 2.45) is 4.99 Å². The van der Waals surface area contributed by atoms with Gasteiger partial charge in [0.25, 0.3) is 0 Å². The van der Waals surface area contributed by atoms with Gasteiger partial charge in [0.2, 0.25) is 0 Å². The maximum Gasteiger partial charge on any atom is 0.124 e. The largest absolute Gasteiger partial charge is 0.293 e. The molecule has 0 N–H and O–H groups in total. The standard InChI is InChI=1S/C14H15ClFN3S/c1-2-7-20-9-14(19-6-5-17-10-19)18-13-4-3-11(16)8-12(13)15/h3-6,8,10H,2,7,9H2,1H3. The average molecular weight is 312 g/mol. The van der Waals surface area contributed by atoms with Gasteiger partial charge in [-0.05, 0) is 30.4 Å². The fourth-order valence-corrected chi connectivity index (χ4v) is 2.63. The molecule has 3 nitrogen and oxygen atoms in total. The number of aliphatic imine (C=N–C) groups is 1. The Hall–Kier alpha value is -1.33. The van der Waals surface area contributed by atoms with E-state index >= 15 is 0 Å². The molecule has 0 unspecified atom stereocenters. The minimum absolute atomic E-state index is 0.308. The molecular formula is C14H15ClFN3S. The zero-order chi connectivity index (χ0) is 14.4. The van der Waals surface area contributed by atoms with E-state index in [9.17, 15) is 4.39 Å². The molecule has 2 aromatic rings. The van der Waals surface area contributed by atoms with Crippen molar-refractivity contribution in [3.63, 3.8) is 0 Å². The molecule has 0 bridgehead atoms. The number of halogens is 2. The van der Waals surface area contributed by atoms with Crippen LogP contribution in [0.2, 0.25) is 5.02 Å². The molecular weight excluding hydrogens is 297 g/mol. The molecule has 0 saturated heterocycles. The number of rotatable bonds is 5. The van der Waals surface area contributed by atoms with Crippen molar-refractivity contribution >= 4 is 34.9 Å². The van der Waals surface area contributed by atoms with Gasteiger partial charge in [-0.3, -0.25) is 4.57 Å². The Kier molecular flexibility index (Phi) is 5.61. The van der Waals surface area contributed by atoms with Crippen LogP contribution in [-0.2, 0) is 0 Å². The lowest BCUT2D eigenvalue weighted by Gasteiger charge is -2.08. The average Bonchev–Trinajstić information content (AvgIpc) is 2.94. The van der Waals surface area contributed by atoms with Crippen molar-refractivity contribution in [1.29, 1.82) is 0 Å². The SMILES string of the molecule is CCCSCC(=Nc1ccc(F)cc1Cl)n1ccnc1. The maximum atomic E-state index is 13.1. The topological polar surface area (TPSA) is 30.2 Å². The third-order valence-electron chi connectivity index (χ3n) is 2.54. The van der Waals surface area contributed by atoms with Crippen LogP contribution in [-0.4, -0.2) is 26.9 Å². The summed E-state index contributed by atoms with van der Waals surface area (Å²) in [6, 6.07) is 4.21. The van der Waals surface area contributed by atoms with Crippen LogP contribution in [0.5, 0.6) is 0 Å². The lowest BCUT2D eigenvalue weighted by molar-refractivity contribution is 0.628. The van der Waals surface area contributed by atoms with Crippen LogP contribution < -0.4 is 0 Å². The Bertz CT molecular complexity index is 584. The summed E-state index contributed by atoms with van der Waals surface area (Å²) in [5, 5.41) is 0.308. The van der Waals surface area contributed by atoms with Crippen LogP contribution in [0, 0.1) is 5.82 Å². The minimum atomic E-state index is -0.363. The van der Waals surface area contributed by atoms with E-state index in [1.165, 1.54) is 12.1 Å². The van der Waals surface area contributed by atoms with Crippen LogP contribution >= 0.6 is 23.4 Å². The number of nitrogens with zero attached hydrogens (tertiary/aromatic N) is 3. The van der Waals surface area contributed by atoms with E-state index in [0.717, 1.165) is 23.8 Å². The van der Waals surface area contributed by atoms with E-state index in [4.69, 9.17) is 11.6 Å². The molecule has 1 aromatic heterocycles. The second kappa shape index (κ2) is 7.45. The minimum Gasteiger partial charge on any atom is -0.293 e. The van der Waals surface area contributed by atoms with Gasteiger partial charge in [0, 0.05) is 12.4 Å². The molecule has 0 saturated carbocycles. The normalized spacial score (nSPS) is 11.8. The monoisotopic (exact) mass is 311 g/mol. The van der Waals surface area contributed by atoms with Crippen LogP contribution in [0.15, 0.2) is 41.9 Å². The second-order valence-corrected chi connectivity index (χ2v) is 5.66. The van der Waals surface area contributed by atoms with Crippen molar-refractivity contribution in [2.75, 3.05) is 11.5 Å². The molecule has 0 atom stereocenters. The molecule has 0 aliphatic rings. The van der Waals surface area contributed by atoms with Crippen LogP contribution in [0.4, 0.5) is 10.1 Å². The number of benzene rings is 1. The predicted octanol–water partition coefficient (Wildman–Crippen LogP) is 4.40. The molecule has 0 spiro atoms. The summed E-state index contributed by atoms with van der Waals surface area (Å²) >= 11 is 7.81. The van der Waals surface area contributed by atoms with Gasteiger partial charge in [-0.25, -0.2) is 14.4 Å². The van der Waals surface area contributed by atoms with Crippen molar-refractivity contribution in [2.45, 2.75) is 13.3 Å². The molecule has 106 valence electrons. The summed E-state index contributed by atoms with van der Waals surface area (Å²) in [5.74, 6) is 2.27. The molecule has 0 aliphatic heterocycles. The number of hydrogen-bond acceptors (Lipinski definition) is 3. The highest BCUT2D eigenvalue weighted by molar-refractivity contribution is 7.99. The fraction of sp³-hybridized carbons (Fsp3) is 0.286. The van der Waals surface area contributed by atoms with Gasteiger partial charge in [0.15, 0.2) is 0 Å². The van der Waals surface area contributed by atoms with E-state index in [1.807, 2.05) is 10.8 Å². The Morgan fingerprint density at radius 2 is 2.35 bits per heavy atom. The molecule has 0 aliphatic carbocycles. The highest BCUT2D eigenvalue weighted by Gasteiger charge is 2.06. The van der Waals surface area contributed by atoms with Gasteiger partial charge in [-0.1, -0.05) is 18.5 Å². The smallest absolute Gasteiger partial charge is 0.124 e. The number of aromatic nitrogens is 2. The van der Waals surface area contributed by atoms with Crippen LogP contribution in [0.1, 0.15) is 13.3 Å². The highest BCUT2D eigenvalue weighted by Crippen LogP contribution is 2.26. The molecule has 6 heteroatoms.